The highest BCUT2D eigenvalue weighted by Crippen LogP contribution is 2.53. The molecule has 4 atom stereocenters. The standard InChI is InChI=1S/C25H31NO8S2.C18H28O4S2.C7H4ClNO4/c27-24(33-18-23-21-6-3-1-2-4-7-22(21)23)8-5-13-31-14-16-35-36-17-15-32-25(28)34-20-11-9-19(10-12-20)26(29)30;19-9-12-23-24-13-11-21-10-5-8-18(20)22-14-17-15-6-3-1-2-4-7-16(15)17;8-7(10)13-6-3-1-5(2-4-6)9(11)12/h9-12,21-23H,3-8,13-18H2;15-17,19H,3-14H2;1-4H. The molecule has 4 aliphatic carbocycles. The fourth-order valence-electron chi connectivity index (χ4n) is 8.04. The van der Waals surface area contributed by atoms with E-state index in [1.807, 2.05) is 0 Å². The van der Waals surface area contributed by atoms with E-state index in [9.17, 15) is 39.4 Å². The molecule has 0 aromatic heterocycles. The number of carbonyl (C=O) groups excluding carboxylic acids is 4. The molecule has 2 aromatic rings. The zero-order valence-corrected chi connectivity index (χ0v) is 44.6. The molecule has 4 aliphatic rings. The number of hydrogen-bond donors (Lipinski definition) is 1. The normalized spacial score (nSPS) is 19.8. The van der Waals surface area contributed by atoms with Gasteiger partial charge in [0.05, 0.1) is 42.9 Å². The third kappa shape index (κ3) is 26.6. The van der Waals surface area contributed by atoms with Crippen LogP contribution < -0.4 is 9.47 Å². The zero-order chi connectivity index (χ0) is 52.5. The molecule has 2 saturated carbocycles. The van der Waals surface area contributed by atoms with Crippen molar-refractivity contribution in [2.45, 2.75) is 77.0 Å². The second kappa shape index (κ2) is 36.5. The molecule has 73 heavy (non-hydrogen) atoms. The molecule has 2 aromatic carbocycles. The first kappa shape index (κ1) is 61.2. The maximum absolute atomic E-state index is 12.0. The van der Waals surface area contributed by atoms with Gasteiger partial charge in [0.15, 0.2) is 0 Å². The summed E-state index contributed by atoms with van der Waals surface area (Å²) in [7, 11) is 6.51. The molecular formula is C50H63ClN2O16S4. The van der Waals surface area contributed by atoms with E-state index in [2.05, 4.69) is 28.4 Å². The number of carbonyl (C=O) groups is 4. The number of halogens is 1. The van der Waals surface area contributed by atoms with Crippen LogP contribution in [0.3, 0.4) is 0 Å². The minimum Gasteiger partial charge on any atom is -0.465 e. The SMILES string of the molecule is O=C(CCCOCCSSCCO)OCC1C2CCC#CCCC21.O=C(CCCOCCSSCCOC(=O)Oc1ccc([N+](=O)[O-])cc1)OCC1C2CCC#CCCC21.O=C(Cl)Oc1ccc([N+](=O)[O-])cc1. The summed E-state index contributed by atoms with van der Waals surface area (Å²) in [6, 6.07) is 10.2. The Bertz CT molecular complexity index is 2120. The predicted octanol–water partition coefficient (Wildman–Crippen LogP) is 10.7. The van der Waals surface area contributed by atoms with Crippen LogP contribution in [0.15, 0.2) is 48.5 Å². The molecule has 0 amide bonds. The Balaban J connectivity index is 0.000000267. The van der Waals surface area contributed by atoms with Crippen LogP contribution in [0, 0.1) is 79.4 Å². The molecule has 4 unspecified atom stereocenters. The van der Waals surface area contributed by atoms with Crippen molar-refractivity contribution >= 4 is 89.7 Å². The first-order chi connectivity index (χ1) is 35.5. The van der Waals surface area contributed by atoms with Gasteiger partial charge >= 0.3 is 23.5 Å². The van der Waals surface area contributed by atoms with Crippen molar-refractivity contribution in [3.8, 4) is 35.2 Å². The number of esters is 2. The fraction of sp³-hybridized carbons (Fsp3) is 0.600. The van der Waals surface area contributed by atoms with Crippen molar-refractivity contribution in [3.05, 3.63) is 68.8 Å². The predicted molar refractivity (Wildman–Crippen MR) is 282 cm³/mol. The average Bonchev–Trinajstić information content (AvgIpc) is 4.23. The molecule has 0 spiro atoms. The summed E-state index contributed by atoms with van der Waals surface area (Å²) in [5.74, 6) is 19.9. The third-order valence-corrected chi connectivity index (χ3v) is 16.5. The Kier molecular flexibility index (Phi) is 30.6. The maximum Gasteiger partial charge on any atom is 0.513 e. The average molecular weight is 1110 g/mol. The van der Waals surface area contributed by atoms with Crippen molar-refractivity contribution in [3.63, 3.8) is 0 Å². The fourth-order valence-corrected chi connectivity index (χ4v) is 11.4. The first-order valence-corrected chi connectivity index (χ1v) is 29.5. The van der Waals surface area contributed by atoms with Crippen LogP contribution in [0.5, 0.6) is 11.5 Å². The lowest BCUT2D eigenvalue weighted by molar-refractivity contribution is -0.385. The third-order valence-electron chi connectivity index (χ3n) is 11.7. The summed E-state index contributed by atoms with van der Waals surface area (Å²) in [4.78, 5) is 65.4. The molecule has 0 aliphatic heterocycles. The van der Waals surface area contributed by atoms with Gasteiger partial charge in [-0.2, -0.15) is 0 Å². The number of ether oxygens (including phenoxy) is 7. The van der Waals surface area contributed by atoms with Gasteiger partial charge in [0.1, 0.15) is 18.1 Å². The molecule has 2 fully saturated rings. The van der Waals surface area contributed by atoms with Gasteiger partial charge in [0, 0.05) is 111 Å². The van der Waals surface area contributed by atoms with Crippen LogP contribution in [0.2, 0.25) is 0 Å². The van der Waals surface area contributed by atoms with Crippen LogP contribution in [-0.4, -0.2) is 114 Å². The van der Waals surface area contributed by atoms with Gasteiger partial charge in [0.2, 0.25) is 0 Å². The number of nitrogens with zero attached hydrogens (tertiary/aromatic N) is 2. The van der Waals surface area contributed by atoms with E-state index in [4.69, 9.17) is 45.1 Å². The highest BCUT2D eigenvalue weighted by molar-refractivity contribution is 8.77. The summed E-state index contributed by atoms with van der Waals surface area (Å²) >= 11 is 4.92. The van der Waals surface area contributed by atoms with Crippen LogP contribution in [0.4, 0.5) is 21.0 Å². The Morgan fingerprint density at radius 2 is 0.945 bits per heavy atom. The van der Waals surface area contributed by atoms with Crippen molar-refractivity contribution in [2.75, 3.05) is 75.9 Å². The monoisotopic (exact) mass is 1110 g/mol. The van der Waals surface area contributed by atoms with Gasteiger partial charge in [-0.3, -0.25) is 29.8 Å². The van der Waals surface area contributed by atoms with Gasteiger partial charge in [-0.25, -0.2) is 9.59 Å². The largest absolute Gasteiger partial charge is 0.513 e. The minimum atomic E-state index is -0.978. The topological polar surface area (TPSA) is 239 Å². The lowest BCUT2D eigenvalue weighted by Gasteiger charge is -2.06. The smallest absolute Gasteiger partial charge is 0.465 e. The summed E-state index contributed by atoms with van der Waals surface area (Å²) in [5, 5.41) is 29.5. The number of nitro benzene ring substituents is 2. The van der Waals surface area contributed by atoms with Gasteiger partial charge in [-0.05, 0) is 98.3 Å². The summed E-state index contributed by atoms with van der Waals surface area (Å²) < 4.78 is 36.3. The highest BCUT2D eigenvalue weighted by Gasteiger charge is 2.50. The van der Waals surface area contributed by atoms with E-state index in [0.717, 1.165) is 74.0 Å². The molecule has 0 bridgehead atoms. The van der Waals surface area contributed by atoms with Crippen LogP contribution in [0.1, 0.15) is 77.0 Å². The number of non-ortho nitro benzene ring substituents is 2. The van der Waals surface area contributed by atoms with Crippen molar-refractivity contribution in [1.82, 2.24) is 0 Å². The maximum atomic E-state index is 12.0. The molecule has 1 N–H and O–H groups in total. The second-order valence-electron chi connectivity index (χ2n) is 16.7. The number of aliphatic hydroxyl groups is 1. The molecule has 23 heteroatoms. The van der Waals surface area contributed by atoms with E-state index in [1.165, 1.54) is 61.4 Å². The Labute approximate surface area is 446 Å². The molecule has 400 valence electrons. The van der Waals surface area contributed by atoms with Crippen molar-refractivity contribution in [2.24, 2.45) is 35.5 Å². The lowest BCUT2D eigenvalue weighted by atomic mass is 10.1. The van der Waals surface area contributed by atoms with E-state index in [-0.39, 0.29) is 48.0 Å². The van der Waals surface area contributed by atoms with E-state index >= 15 is 0 Å². The van der Waals surface area contributed by atoms with Gasteiger partial charge in [-0.15, -0.1) is 23.7 Å². The zero-order valence-electron chi connectivity index (χ0n) is 40.5. The van der Waals surface area contributed by atoms with Gasteiger partial charge in [-0.1, -0.05) is 43.2 Å². The van der Waals surface area contributed by atoms with E-state index in [0.29, 0.717) is 88.3 Å². The quantitative estimate of drug-likeness (QED) is 0.00916. The van der Waals surface area contributed by atoms with Crippen LogP contribution in [-0.2, 0) is 33.3 Å². The number of rotatable bonds is 29. The van der Waals surface area contributed by atoms with Crippen LogP contribution >= 0.6 is 54.8 Å². The molecule has 0 heterocycles. The Morgan fingerprint density at radius 1 is 0.562 bits per heavy atom. The number of hydrogen-bond acceptors (Lipinski definition) is 20. The summed E-state index contributed by atoms with van der Waals surface area (Å²) in [6.07, 6.45) is 9.87. The molecular weight excluding hydrogens is 1050 g/mol. The minimum absolute atomic E-state index is 0.0747. The van der Waals surface area contributed by atoms with E-state index in [1.54, 1.807) is 43.2 Å². The van der Waals surface area contributed by atoms with Crippen molar-refractivity contribution < 1.29 is 67.3 Å². The highest BCUT2D eigenvalue weighted by atomic mass is 35.5. The Morgan fingerprint density at radius 3 is 1.33 bits per heavy atom. The van der Waals surface area contributed by atoms with E-state index < -0.39 is 21.4 Å². The summed E-state index contributed by atoms with van der Waals surface area (Å²) in [5.41, 5.74) is -1.14. The lowest BCUT2D eigenvalue weighted by Crippen LogP contribution is -2.12. The number of aliphatic hydroxyl groups excluding tert-OH is 1. The number of fused-ring (bicyclic) bond motifs is 2. The van der Waals surface area contributed by atoms with Crippen molar-refractivity contribution in [1.29, 1.82) is 0 Å². The number of benzene rings is 2. The molecule has 0 saturated heterocycles. The molecule has 18 nitrogen and oxygen atoms in total. The first-order valence-electron chi connectivity index (χ1n) is 24.2. The van der Waals surface area contributed by atoms with Gasteiger partial charge < -0.3 is 38.3 Å². The van der Waals surface area contributed by atoms with Crippen LogP contribution in [0.25, 0.3) is 0 Å². The Hall–Kier alpha value is -4.39. The molecule has 0 radical (unpaired) electrons. The molecule has 6 rings (SSSR count). The van der Waals surface area contributed by atoms with Gasteiger partial charge in [0.25, 0.3) is 11.4 Å². The number of nitro groups is 2. The summed E-state index contributed by atoms with van der Waals surface area (Å²) in [6.45, 7) is 3.92. The second-order valence-corrected chi connectivity index (χ2v) is 22.4.